The molecule has 0 heterocycles. The summed E-state index contributed by atoms with van der Waals surface area (Å²) in [5, 5.41) is 5.04. The molecule has 2 rings (SSSR count). The van der Waals surface area contributed by atoms with Gasteiger partial charge >= 0.3 is 0 Å². The number of carbonyl (C=O) groups is 2. The van der Waals surface area contributed by atoms with Crippen molar-refractivity contribution in [3.63, 3.8) is 0 Å². The van der Waals surface area contributed by atoms with Crippen LogP contribution in [0.5, 0.6) is 0 Å². The molecule has 1 fully saturated rings. The standard InChI is InChI=1S/C13H15F2N3O2/c14-8-3-4-9(16)12(15)11(8)13(20)17-6-5-10(19)18-7-1-2-7/h3-4,7H,1-2,5-6,16H2,(H,17,20)(H,18,19). The van der Waals surface area contributed by atoms with Gasteiger partial charge in [-0.3, -0.25) is 9.59 Å². The number of nitrogens with one attached hydrogen (secondary N) is 2. The van der Waals surface area contributed by atoms with Crippen molar-refractivity contribution in [2.45, 2.75) is 25.3 Å². The molecule has 0 saturated heterocycles. The molecule has 1 aromatic carbocycles. The van der Waals surface area contributed by atoms with Crippen LogP contribution in [0.1, 0.15) is 29.6 Å². The Morgan fingerprint density at radius 1 is 1.30 bits per heavy atom. The van der Waals surface area contributed by atoms with Gasteiger partial charge in [0.2, 0.25) is 5.91 Å². The molecule has 2 amide bonds. The Labute approximate surface area is 114 Å². The van der Waals surface area contributed by atoms with E-state index in [9.17, 15) is 18.4 Å². The van der Waals surface area contributed by atoms with Gasteiger partial charge in [0, 0.05) is 19.0 Å². The van der Waals surface area contributed by atoms with Crippen molar-refractivity contribution in [1.82, 2.24) is 10.6 Å². The van der Waals surface area contributed by atoms with E-state index >= 15 is 0 Å². The second kappa shape index (κ2) is 5.85. The zero-order chi connectivity index (χ0) is 14.7. The maximum atomic E-state index is 13.6. The SMILES string of the molecule is Nc1ccc(F)c(C(=O)NCCC(=O)NC2CC2)c1F. The summed E-state index contributed by atoms with van der Waals surface area (Å²) in [4.78, 5) is 23.0. The van der Waals surface area contributed by atoms with Crippen LogP contribution in [0, 0.1) is 11.6 Å². The molecule has 20 heavy (non-hydrogen) atoms. The molecular weight excluding hydrogens is 268 g/mol. The number of nitrogens with two attached hydrogens (primary N) is 1. The second-order valence-electron chi connectivity index (χ2n) is 4.67. The van der Waals surface area contributed by atoms with Crippen molar-refractivity contribution >= 4 is 17.5 Å². The molecule has 0 unspecified atom stereocenters. The highest BCUT2D eigenvalue weighted by Gasteiger charge is 2.23. The fourth-order valence-corrected chi connectivity index (χ4v) is 1.68. The fraction of sp³-hybridized carbons (Fsp3) is 0.385. The van der Waals surface area contributed by atoms with Crippen molar-refractivity contribution in [1.29, 1.82) is 0 Å². The summed E-state index contributed by atoms with van der Waals surface area (Å²) in [6.45, 7) is 0.00503. The Kier molecular flexibility index (Phi) is 4.16. The number of nitrogen functional groups attached to an aromatic ring is 1. The molecule has 1 saturated carbocycles. The minimum absolute atomic E-state index is 0.00503. The summed E-state index contributed by atoms with van der Waals surface area (Å²) in [6, 6.07) is 2.21. The van der Waals surface area contributed by atoms with Crippen molar-refractivity contribution in [3.05, 3.63) is 29.3 Å². The van der Waals surface area contributed by atoms with E-state index in [1.54, 1.807) is 0 Å². The first-order valence-corrected chi connectivity index (χ1v) is 6.30. The van der Waals surface area contributed by atoms with E-state index in [1.165, 1.54) is 0 Å². The number of amides is 2. The van der Waals surface area contributed by atoms with Gasteiger partial charge in [0.25, 0.3) is 5.91 Å². The van der Waals surface area contributed by atoms with Crippen molar-refractivity contribution in [3.8, 4) is 0 Å². The van der Waals surface area contributed by atoms with Gasteiger partial charge in [-0.25, -0.2) is 8.78 Å². The topological polar surface area (TPSA) is 84.2 Å². The monoisotopic (exact) mass is 283 g/mol. The number of hydrogen-bond acceptors (Lipinski definition) is 3. The van der Waals surface area contributed by atoms with Crippen LogP contribution in [-0.4, -0.2) is 24.4 Å². The molecular formula is C13H15F2N3O2. The van der Waals surface area contributed by atoms with Crippen LogP contribution in [0.4, 0.5) is 14.5 Å². The minimum Gasteiger partial charge on any atom is -0.396 e. The Morgan fingerprint density at radius 2 is 2.00 bits per heavy atom. The molecule has 0 bridgehead atoms. The van der Waals surface area contributed by atoms with E-state index < -0.39 is 23.1 Å². The van der Waals surface area contributed by atoms with Gasteiger partial charge in [-0.05, 0) is 25.0 Å². The molecule has 7 heteroatoms. The molecule has 0 spiro atoms. The van der Waals surface area contributed by atoms with Crippen LogP contribution in [0.2, 0.25) is 0 Å². The zero-order valence-corrected chi connectivity index (χ0v) is 10.7. The Morgan fingerprint density at radius 3 is 2.65 bits per heavy atom. The first-order valence-electron chi connectivity index (χ1n) is 6.30. The predicted octanol–water partition coefficient (Wildman–Crippen LogP) is 0.945. The summed E-state index contributed by atoms with van der Waals surface area (Å²) >= 11 is 0. The van der Waals surface area contributed by atoms with Gasteiger partial charge in [0.1, 0.15) is 11.4 Å². The van der Waals surface area contributed by atoms with E-state index in [2.05, 4.69) is 10.6 Å². The van der Waals surface area contributed by atoms with Crippen LogP contribution in [-0.2, 0) is 4.79 Å². The fourth-order valence-electron chi connectivity index (χ4n) is 1.68. The maximum absolute atomic E-state index is 13.6. The first-order chi connectivity index (χ1) is 9.49. The Balaban J connectivity index is 1.88. The number of carbonyl (C=O) groups excluding carboxylic acids is 2. The summed E-state index contributed by atoms with van der Waals surface area (Å²) in [7, 11) is 0. The lowest BCUT2D eigenvalue weighted by atomic mass is 10.1. The quantitative estimate of drug-likeness (QED) is 0.703. The summed E-state index contributed by atoms with van der Waals surface area (Å²) in [5.74, 6) is -3.20. The predicted molar refractivity (Wildman–Crippen MR) is 68.9 cm³/mol. The Bertz CT molecular complexity index is 545. The molecule has 5 nitrogen and oxygen atoms in total. The number of benzene rings is 1. The van der Waals surface area contributed by atoms with Crippen molar-refractivity contribution < 1.29 is 18.4 Å². The van der Waals surface area contributed by atoms with E-state index in [-0.39, 0.29) is 30.6 Å². The molecule has 0 radical (unpaired) electrons. The average Bonchev–Trinajstić information content (AvgIpc) is 3.18. The third-order valence-electron chi connectivity index (χ3n) is 2.93. The van der Waals surface area contributed by atoms with Crippen LogP contribution in [0.15, 0.2) is 12.1 Å². The van der Waals surface area contributed by atoms with Crippen LogP contribution < -0.4 is 16.4 Å². The normalized spacial score (nSPS) is 13.9. The minimum atomic E-state index is -1.09. The number of halogens is 2. The molecule has 0 aromatic heterocycles. The number of rotatable bonds is 5. The van der Waals surface area contributed by atoms with Gasteiger partial charge in [0.05, 0.1) is 5.69 Å². The summed E-state index contributed by atoms with van der Waals surface area (Å²) in [6.07, 6.45) is 2.00. The van der Waals surface area contributed by atoms with E-state index in [0.717, 1.165) is 25.0 Å². The lowest BCUT2D eigenvalue weighted by Crippen LogP contribution is -2.32. The van der Waals surface area contributed by atoms with Crippen molar-refractivity contribution in [2.75, 3.05) is 12.3 Å². The van der Waals surface area contributed by atoms with Gasteiger partial charge in [-0.2, -0.15) is 0 Å². The summed E-state index contributed by atoms with van der Waals surface area (Å²) < 4.78 is 27.0. The van der Waals surface area contributed by atoms with Gasteiger partial charge in [0.15, 0.2) is 5.82 Å². The summed E-state index contributed by atoms with van der Waals surface area (Å²) in [5.41, 5.74) is 4.25. The van der Waals surface area contributed by atoms with Gasteiger partial charge in [-0.15, -0.1) is 0 Å². The highest BCUT2D eigenvalue weighted by atomic mass is 19.1. The molecule has 1 aliphatic rings. The maximum Gasteiger partial charge on any atom is 0.257 e. The van der Waals surface area contributed by atoms with E-state index in [4.69, 9.17) is 5.73 Å². The van der Waals surface area contributed by atoms with Crippen LogP contribution in [0.25, 0.3) is 0 Å². The molecule has 0 aliphatic heterocycles. The zero-order valence-electron chi connectivity index (χ0n) is 10.7. The third-order valence-corrected chi connectivity index (χ3v) is 2.93. The smallest absolute Gasteiger partial charge is 0.257 e. The average molecular weight is 283 g/mol. The lowest BCUT2D eigenvalue weighted by Gasteiger charge is -2.08. The molecule has 1 aliphatic carbocycles. The largest absolute Gasteiger partial charge is 0.396 e. The molecule has 0 atom stereocenters. The number of hydrogen-bond donors (Lipinski definition) is 3. The van der Waals surface area contributed by atoms with Gasteiger partial charge < -0.3 is 16.4 Å². The van der Waals surface area contributed by atoms with E-state index in [1.807, 2.05) is 0 Å². The lowest BCUT2D eigenvalue weighted by molar-refractivity contribution is -0.121. The van der Waals surface area contributed by atoms with Gasteiger partial charge in [-0.1, -0.05) is 0 Å². The van der Waals surface area contributed by atoms with Crippen LogP contribution >= 0.6 is 0 Å². The van der Waals surface area contributed by atoms with Crippen LogP contribution in [0.3, 0.4) is 0 Å². The third kappa shape index (κ3) is 3.43. The first kappa shape index (κ1) is 14.2. The Hall–Kier alpha value is -2.18. The number of anilines is 1. The molecule has 1 aromatic rings. The van der Waals surface area contributed by atoms with E-state index in [0.29, 0.717) is 0 Å². The van der Waals surface area contributed by atoms with Crippen molar-refractivity contribution in [2.24, 2.45) is 0 Å². The molecule has 108 valence electrons. The molecule has 4 N–H and O–H groups in total. The second-order valence-corrected chi connectivity index (χ2v) is 4.67. The highest BCUT2D eigenvalue weighted by Crippen LogP contribution is 2.19. The highest BCUT2D eigenvalue weighted by molar-refractivity contribution is 5.95.